The number of aromatic amines is 1. The third kappa shape index (κ3) is 2.84. The molecular weight excluding hydrogens is 272 g/mol. The highest BCUT2D eigenvalue weighted by molar-refractivity contribution is 5.94. The van der Waals surface area contributed by atoms with Gasteiger partial charge < -0.3 is 19.8 Å². The minimum Gasteiger partial charge on any atom is -0.467 e. The van der Waals surface area contributed by atoms with Gasteiger partial charge >= 0.3 is 0 Å². The average molecular weight is 290 g/mol. The minimum atomic E-state index is -0.332. The molecule has 0 fully saturated rings. The van der Waals surface area contributed by atoms with Gasteiger partial charge in [-0.25, -0.2) is 0 Å². The summed E-state index contributed by atoms with van der Waals surface area (Å²) in [5.41, 5.74) is 2.40. The van der Waals surface area contributed by atoms with E-state index in [1.54, 1.807) is 19.4 Å². The Morgan fingerprint density at radius 2 is 2.52 bits per heavy atom. The van der Waals surface area contributed by atoms with Crippen molar-refractivity contribution in [3.8, 4) is 0 Å². The quantitative estimate of drug-likeness (QED) is 0.756. The predicted molar refractivity (Wildman–Crippen MR) is 74.8 cm³/mol. The summed E-state index contributed by atoms with van der Waals surface area (Å²) in [7, 11) is 1.59. The molecule has 0 aliphatic carbocycles. The van der Waals surface area contributed by atoms with E-state index in [9.17, 15) is 4.79 Å². The largest absolute Gasteiger partial charge is 0.467 e. The SMILES string of the molecule is COCC(NC(=O)c1n[nH]c2c1CNCC2)c1ccco1. The first kappa shape index (κ1) is 13.8. The molecule has 1 unspecified atom stereocenters. The summed E-state index contributed by atoms with van der Waals surface area (Å²) >= 11 is 0. The molecule has 1 aliphatic heterocycles. The predicted octanol–water partition coefficient (Wildman–Crippen LogP) is 0.766. The topological polar surface area (TPSA) is 92.2 Å². The van der Waals surface area contributed by atoms with Gasteiger partial charge in [0.2, 0.25) is 0 Å². The fourth-order valence-electron chi connectivity index (χ4n) is 2.49. The van der Waals surface area contributed by atoms with Crippen molar-refractivity contribution in [2.75, 3.05) is 20.3 Å². The molecule has 3 heterocycles. The molecule has 3 rings (SSSR count). The summed E-state index contributed by atoms with van der Waals surface area (Å²) in [5.74, 6) is 0.433. The third-order valence-electron chi connectivity index (χ3n) is 3.55. The Balaban J connectivity index is 1.77. The average Bonchev–Trinajstić information content (AvgIpc) is 3.16. The van der Waals surface area contributed by atoms with Crippen LogP contribution in [-0.2, 0) is 17.7 Å². The van der Waals surface area contributed by atoms with Crippen molar-refractivity contribution in [1.82, 2.24) is 20.8 Å². The number of aromatic nitrogens is 2. The van der Waals surface area contributed by atoms with Crippen molar-refractivity contribution in [3.05, 3.63) is 41.1 Å². The molecule has 3 N–H and O–H groups in total. The van der Waals surface area contributed by atoms with Crippen LogP contribution in [0.25, 0.3) is 0 Å². The van der Waals surface area contributed by atoms with E-state index in [4.69, 9.17) is 9.15 Å². The van der Waals surface area contributed by atoms with Gasteiger partial charge in [-0.3, -0.25) is 9.89 Å². The van der Waals surface area contributed by atoms with Crippen molar-refractivity contribution in [2.24, 2.45) is 0 Å². The Bertz CT molecular complexity index is 606. The second-order valence-corrected chi connectivity index (χ2v) is 4.95. The Hall–Kier alpha value is -2.12. The molecule has 112 valence electrons. The van der Waals surface area contributed by atoms with Crippen LogP contribution in [0.15, 0.2) is 22.8 Å². The van der Waals surface area contributed by atoms with Crippen LogP contribution >= 0.6 is 0 Å². The number of amides is 1. The number of carbonyl (C=O) groups excluding carboxylic acids is 1. The van der Waals surface area contributed by atoms with Crippen LogP contribution in [0.2, 0.25) is 0 Å². The zero-order valence-electron chi connectivity index (χ0n) is 11.8. The first-order chi connectivity index (χ1) is 10.3. The zero-order valence-corrected chi connectivity index (χ0v) is 11.8. The first-order valence-corrected chi connectivity index (χ1v) is 6.89. The summed E-state index contributed by atoms with van der Waals surface area (Å²) in [6.07, 6.45) is 2.43. The molecule has 2 aromatic rings. The Labute approximate surface area is 122 Å². The van der Waals surface area contributed by atoms with Crippen LogP contribution in [0.3, 0.4) is 0 Å². The molecule has 1 atom stereocenters. The zero-order chi connectivity index (χ0) is 14.7. The van der Waals surface area contributed by atoms with Crippen molar-refractivity contribution in [3.63, 3.8) is 0 Å². The highest BCUT2D eigenvalue weighted by atomic mass is 16.5. The van der Waals surface area contributed by atoms with Gasteiger partial charge in [-0.05, 0) is 12.1 Å². The number of carbonyl (C=O) groups is 1. The molecular formula is C14H18N4O3. The number of hydrogen-bond acceptors (Lipinski definition) is 5. The number of methoxy groups -OCH3 is 1. The lowest BCUT2D eigenvalue weighted by Gasteiger charge is -2.16. The molecule has 2 aromatic heterocycles. The van der Waals surface area contributed by atoms with Crippen LogP contribution in [0, 0.1) is 0 Å². The minimum absolute atomic E-state index is 0.227. The maximum atomic E-state index is 12.4. The standard InChI is InChI=1S/C14H18N4O3/c1-20-8-11(12-3-2-6-21-12)16-14(19)13-9-7-15-5-4-10(9)17-18-13/h2-3,6,11,15H,4-5,7-8H2,1H3,(H,16,19)(H,17,18). The second-order valence-electron chi connectivity index (χ2n) is 4.95. The van der Waals surface area contributed by atoms with Crippen LogP contribution in [0.4, 0.5) is 0 Å². The molecule has 21 heavy (non-hydrogen) atoms. The summed E-state index contributed by atoms with van der Waals surface area (Å²) in [6.45, 7) is 1.89. The number of hydrogen-bond donors (Lipinski definition) is 3. The normalized spacial score (nSPS) is 15.5. The Kier molecular flexibility index (Phi) is 4.03. The molecule has 0 saturated carbocycles. The van der Waals surface area contributed by atoms with E-state index in [1.165, 1.54) is 0 Å². The van der Waals surface area contributed by atoms with Crippen LogP contribution < -0.4 is 10.6 Å². The van der Waals surface area contributed by atoms with Gasteiger partial charge in [0.05, 0.1) is 12.9 Å². The number of nitrogens with zero attached hydrogens (tertiary/aromatic N) is 1. The summed E-state index contributed by atoms with van der Waals surface area (Å²) in [4.78, 5) is 12.4. The van der Waals surface area contributed by atoms with Gasteiger partial charge in [0.25, 0.3) is 5.91 Å². The van der Waals surface area contributed by atoms with E-state index in [-0.39, 0.29) is 11.9 Å². The summed E-state index contributed by atoms with van der Waals surface area (Å²) < 4.78 is 10.5. The maximum Gasteiger partial charge on any atom is 0.272 e. The van der Waals surface area contributed by atoms with Gasteiger partial charge in [-0.2, -0.15) is 5.10 Å². The summed E-state index contributed by atoms with van der Waals surface area (Å²) in [6, 6.07) is 3.26. The van der Waals surface area contributed by atoms with E-state index in [2.05, 4.69) is 20.8 Å². The maximum absolute atomic E-state index is 12.4. The molecule has 0 bridgehead atoms. The number of rotatable bonds is 5. The fraction of sp³-hybridized carbons (Fsp3) is 0.429. The molecule has 0 spiro atoms. The highest BCUT2D eigenvalue weighted by Crippen LogP contribution is 2.18. The first-order valence-electron chi connectivity index (χ1n) is 6.89. The number of fused-ring (bicyclic) bond motifs is 1. The van der Waals surface area contributed by atoms with Crippen molar-refractivity contribution in [1.29, 1.82) is 0 Å². The lowest BCUT2D eigenvalue weighted by molar-refractivity contribution is 0.0877. The number of furan rings is 1. The van der Waals surface area contributed by atoms with Gasteiger partial charge in [0.15, 0.2) is 5.69 Å². The third-order valence-corrected chi connectivity index (χ3v) is 3.55. The molecule has 1 aliphatic rings. The Morgan fingerprint density at radius 3 is 3.29 bits per heavy atom. The molecule has 7 nitrogen and oxygen atoms in total. The van der Waals surface area contributed by atoms with Gasteiger partial charge in [0.1, 0.15) is 11.8 Å². The lowest BCUT2D eigenvalue weighted by atomic mass is 10.1. The Morgan fingerprint density at radius 1 is 1.62 bits per heavy atom. The van der Waals surface area contributed by atoms with Gasteiger partial charge in [-0.1, -0.05) is 0 Å². The smallest absolute Gasteiger partial charge is 0.272 e. The van der Waals surface area contributed by atoms with E-state index >= 15 is 0 Å². The van der Waals surface area contributed by atoms with Crippen LogP contribution in [0.5, 0.6) is 0 Å². The van der Waals surface area contributed by atoms with Crippen molar-refractivity contribution < 1.29 is 13.9 Å². The number of nitrogens with one attached hydrogen (secondary N) is 3. The van der Waals surface area contributed by atoms with Crippen LogP contribution in [-0.4, -0.2) is 36.4 Å². The van der Waals surface area contributed by atoms with Gasteiger partial charge in [-0.15, -0.1) is 0 Å². The van der Waals surface area contributed by atoms with Crippen molar-refractivity contribution >= 4 is 5.91 Å². The fourth-order valence-corrected chi connectivity index (χ4v) is 2.49. The van der Waals surface area contributed by atoms with Gasteiger partial charge in [0, 0.05) is 37.9 Å². The lowest BCUT2D eigenvalue weighted by Crippen LogP contribution is -2.33. The molecule has 0 aromatic carbocycles. The molecule has 7 heteroatoms. The molecule has 0 saturated heterocycles. The number of H-pyrrole nitrogens is 1. The second kappa shape index (κ2) is 6.11. The number of ether oxygens (including phenoxy) is 1. The summed E-state index contributed by atoms with van der Waals surface area (Å²) in [5, 5.41) is 13.2. The monoisotopic (exact) mass is 290 g/mol. The van der Waals surface area contributed by atoms with E-state index in [1.807, 2.05) is 6.07 Å². The van der Waals surface area contributed by atoms with E-state index in [0.29, 0.717) is 24.6 Å². The van der Waals surface area contributed by atoms with E-state index < -0.39 is 0 Å². The van der Waals surface area contributed by atoms with Crippen molar-refractivity contribution in [2.45, 2.75) is 19.0 Å². The van der Waals surface area contributed by atoms with E-state index in [0.717, 1.165) is 24.2 Å². The molecule has 1 amide bonds. The highest BCUT2D eigenvalue weighted by Gasteiger charge is 2.24. The molecule has 0 radical (unpaired) electrons. The van der Waals surface area contributed by atoms with Crippen LogP contribution in [0.1, 0.15) is 33.5 Å².